The number of carbonyl (C=O) groups is 1. The Morgan fingerprint density at radius 1 is 1.26 bits per heavy atom. The summed E-state index contributed by atoms with van der Waals surface area (Å²) >= 11 is 0. The molecule has 1 fully saturated rings. The van der Waals surface area contributed by atoms with Crippen LogP contribution in [0, 0.1) is 0 Å². The Labute approximate surface area is 180 Å². The summed E-state index contributed by atoms with van der Waals surface area (Å²) in [5.41, 5.74) is 4.64. The van der Waals surface area contributed by atoms with Gasteiger partial charge in [0.1, 0.15) is 0 Å². The third-order valence-electron chi connectivity index (χ3n) is 5.79. The van der Waals surface area contributed by atoms with Crippen molar-refractivity contribution in [2.24, 2.45) is 7.05 Å². The van der Waals surface area contributed by atoms with Crippen LogP contribution in [-0.2, 0) is 23.0 Å². The molecule has 0 spiro atoms. The summed E-state index contributed by atoms with van der Waals surface area (Å²) in [6.07, 6.45) is 4.13. The first kappa shape index (κ1) is 19.7. The number of rotatable bonds is 6. The Kier molecular flexibility index (Phi) is 5.40. The second-order valence-electron chi connectivity index (χ2n) is 7.95. The van der Waals surface area contributed by atoms with E-state index in [9.17, 15) is 4.79 Å². The van der Waals surface area contributed by atoms with Gasteiger partial charge in [-0.15, -0.1) is 0 Å². The molecule has 0 saturated carbocycles. The topological polar surface area (TPSA) is 88.1 Å². The van der Waals surface area contributed by atoms with Crippen LogP contribution in [0.4, 0.5) is 0 Å². The van der Waals surface area contributed by atoms with Crippen LogP contribution < -0.4 is 5.32 Å². The third kappa shape index (κ3) is 4.17. The molecule has 31 heavy (non-hydrogen) atoms. The summed E-state index contributed by atoms with van der Waals surface area (Å²) in [5, 5.41) is 8.28. The van der Waals surface area contributed by atoms with Gasteiger partial charge in [-0.25, -0.2) is 9.97 Å². The number of fused-ring (bicyclic) bond motifs is 3. The smallest absolute Gasteiger partial charge is 0.224 e. The second kappa shape index (κ2) is 8.49. The van der Waals surface area contributed by atoms with E-state index in [1.807, 2.05) is 48.4 Å². The van der Waals surface area contributed by atoms with Crippen LogP contribution >= 0.6 is 0 Å². The predicted octanol–water partition coefficient (Wildman–Crippen LogP) is 2.11. The van der Waals surface area contributed by atoms with Crippen molar-refractivity contribution >= 4 is 27.8 Å². The quantitative estimate of drug-likeness (QED) is 0.501. The number of H-pyrrole nitrogens is 1. The number of morpholine rings is 1. The zero-order chi connectivity index (χ0) is 21.2. The van der Waals surface area contributed by atoms with Crippen LogP contribution in [0.1, 0.15) is 5.56 Å². The molecule has 2 N–H and O–H groups in total. The second-order valence-corrected chi connectivity index (χ2v) is 7.95. The molecular formula is C23H26N6O2. The fourth-order valence-electron chi connectivity index (χ4n) is 4.15. The molecule has 8 heteroatoms. The molecule has 4 aromatic rings. The van der Waals surface area contributed by atoms with Gasteiger partial charge < -0.3 is 15.2 Å². The Morgan fingerprint density at radius 3 is 3.00 bits per heavy atom. The first-order valence-electron chi connectivity index (χ1n) is 10.6. The molecule has 0 atom stereocenters. The monoisotopic (exact) mass is 418 g/mol. The van der Waals surface area contributed by atoms with Crippen LogP contribution in [0.25, 0.3) is 33.2 Å². The number of benzene rings is 1. The van der Waals surface area contributed by atoms with Gasteiger partial charge in [-0.2, -0.15) is 0 Å². The average Bonchev–Trinajstić information content (AvgIpc) is 3.38. The van der Waals surface area contributed by atoms with Crippen molar-refractivity contribution in [2.75, 3.05) is 39.4 Å². The molecule has 3 aromatic heterocycles. The maximum atomic E-state index is 12.4. The molecule has 8 nitrogen and oxygen atoms in total. The number of nitrogens with zero attached hydrogens (tertiary/aromatic N) is 4. The molecule has 1 aromatic carbocycles. The van der Waals surface area contributed by atoms with Crippen LogP contribution in [0.15, 0.2) is 42.7 Å². The molecule has 1 amide bonds. The summed E-state index contributed by atoms with van der Waals surface area (Å²) in [4.78, 5) is 23.9. The molecule has 1 aliphatic heterocycles. The number of nitrogens with one attached hydrogen (secondary N) is 2. The third-order valence-corrected chi connectivity index (χ3v) is 5.79. The highest BCUT2D eigenvalue weighted by molar-refractivity contribution is 6.04. The first-order chi connectivity index (χ1) is 15.2. The van der Waals surface area contributed by atoms with E-state index in [4.69, 9.17) is 9.72 Å². The minimum Gasteiger partial charge on any atom is -0.379 e. The zero-order valence-electron chi connectivity index (χ0n) is 17.6. The lowest BCUT2D eigenvalue weighted by Crippen LogP contribution is -2.41. The van der Waals surface area contributed by atoms with Gasteiger partial charge in [0.05, 0.1) is 30.8 Å². The van der Waals surface area contributed by atoms with Crippen LogP contribution in [0.2, 0.25) is 0 Å². The summed E-state index contributed by atoms with van der Waals surface area (Å²) in [6.45, 7) is 4.92. The highest BCUT2D eigenvalue weighted by Gasteiger charge is 2.13. The highest BCUT2D eigenvalue weighted by Crippen LogP contribution is 2.28. The molecule has 4 heterocycles. The lowest BCUT2D eigenvalue weighted by atomic mass is 10.1. The number of aromatic amines is 1. The van der Waals surface area contributed by atoms with Crippen molar-refractivity contribution in [1.82, 2.24) is 30.0 Å². The van der Waals surface area contributed by atoms with Crippen LogP contribution in [-0.4, -0.2) is 69.9 Å². The standard InChI is InChI=1S/C23H26N6O2/c1-28-22-18(15-26-28)14-25-23-19(22)13-20(27-23)17-4-2-3-16(11-17)12-21(30)24-5-6-29-7-9-31-10-8-29/h2-4,11,13-15,26H,5-10,12H2,1H3,(H,24,30). The summed E-state index contributed by atoms with van der Waals surface area (Å²) in [6, 6.07) is 10.1. The molecule has 160 valence electrons. The number of ether oxygens (including phenoxy) is 1. The van der Waals surface area contributed by atoms with E-state index in [-0.39, 0.29) is 5.91 Å². The van der Waals surface area contributed by atoms with Gasteiger partial charge in [0, 0.05) is 62.0 Å². The van der Waals surface area contributed by atoms with Gasteiger partial charge in [-0.1, -0.05) is 18.2 Å². The van der Waals surface area contributed by atoms with Gasteiger partial charge in [0.2, 0.25) is 5.91 Å². The molecule has 5 rings (SSSR count). The van der Waals surface area contributed by atoms with Crippen molar-refractivity contribution in [3.8, 4) is 11.3 Å². The number of aryl methyl sites for hydroxylation is 1. The maximum absolute atomic E-state index is 12.4. The minimum atomic E-state index is 0.0359. The SMILES string of the molecule is Cn1[nH]cc2cnc3nc(-c4cccc(CC(=O)NCCN5CCOCC5)c4)cc3c21. The zero-order valence-corrected chi connectivity index (χ0v) is 17.6. The molecule has 0 unspecified atom stereocenters. The number of pyridine rings is 1. The van der Waals surface area contributed by atoms with Gasteiger partial charge in [-0.3, -0.25) is 14.4 Å². The van der Waals surface area contributed by atoms with Crippen molar-refractivity contribution < 1.29 is 9.53 Å². The Bertz CT molecular complexity index is 1220. The fourth-order valence-corrected chi connectivity index (χ4v) is 4.15. The van der Waals surface area contributed by atoms with Gasteiger partial charge in [-0.05, 0) is 17.7 Å². The van der Waals surface area contributed by atoms with E-state index in [1.165, 1.54) is 0 Å². The normalized spacial score (nSPS) is 15.0. The summed E-state index contributed by atoms with van der Waals surface area (Å²) < 4.78 is 7.33. The molecule has 0 bridgehead atoms. The van der Waals surface area contributed by atoms with Gasteiger partial charge >= 0.3 is 0 Å². The molecule has 1 aliphatic rings. The average molecular weight is 419 g/mol. The number of hydrogen-bond acceptors (Lipinski definition) is 5. The minimum absolute atomic E-state index is 0.0359. The molecular weight excluding hydrogens is 392 g/mol. The summed E-state index contributed by atoms with van der Waals surface area (Å²) in [7, 11) is 1.98. The Balaban J connectivity index is 1.28. The number of hydrogen-bond donors (Lipinski definition) is 2. The van der Waals surface area contributed by atoms with Crippen molar-refractivity contribution in [3.63, 3.8) is 0 Å². The van der Waals surface area contributed by atoms with Crippen molar-refractivity contribution in [1.29, 1.82) is 0 Å². The van der Waals surface area contributed by atoms with E-state index in [1.54, 1.807) is 0 Å². The lowest BCUT2D eigenvalue weighted by molar-refractivity contribution is -0.120. The van der Waals surface area contributed by atoms with E-state index < -0.39 is 0 Å². The molecule has 0 aliphatic carbocycles. The van der Waals surface area contributed by atoms with E-state index >= 15 is 0 Å². The number of aromatic nitrogens is 4. The number of amides is 1. The maximum Gasteiger partial charge on any atom is 0.224 e. The van der Waals surface area contributed by atoms with E-state index in [0.717, 1.165) is 71.6 Å². The number of carbonyl (C=O) groups excluding carboxylic acids is 1. The van der Waals surface area contributed by atoms with Crippen molar-refractivity contribution in [3.05, 3.63) is 48.3 Å². The highest BCUT2D eigenvalue weighted by atomic mass is 16.5. The lowest BCUT2D eigenvalue weighted by Gasteiger charge is -2.26. The van der Waals surface area contributed by atoms with E-state index in [2.05, 4.69) is 26.4 Å². The first-order valence-corrected chi connectivity index (χ1v) is 10.6. The Hall–Kier alpha value is -3.23. The van der Waals surface area contributed by atoms with Gasteiger partial charge in [0.15, 0.2) is 5.65 Å². The van der Waals surface area contributed by atoms with E-state index in [0.29, 0.717) is 13.0 Å². The van der Waals surface area contributed by atoms with Crippen LogP contribution in [0.5, 0.6) is 0 Å². The van der Waals surface area contributed by atoms with Gasteiger partial charge in [0.25, 0.3) is 0 Å². The largest absolute Gasteiger partial charge is 0.379 e. The Morgan fingerprint density at radius 2 is 2.13 bits per heavy atom. The molecule has 1 saturated heterocycles. The van der Waals surface area contributed by atoms with Crippen LogP contribution in [0.3, 0.4) is 0 Å². The summed E-state index contributed by atoms with van der Waals surface area (Å²) in [5.74, 6) is 0.0359. The predicted molar refractivity (Wildman–Crippen MR) is 120 cm³/mol. The van der Waals surface area contributed by atoms with Crippen molar-refractivity contribution in [2.45, 2.75) is 6.42 Å². The molecule has 0 radical (unpaired) electrons. The fraction of sp³-hybridized carbons (Fsp3) is 0.348.